The lowest BCUT2D eigenvalue weighted by atomic mass is 9.87. The summed E-state index contributed by atoms with van der Waals surface area (Å²) < 4.78 is 20.3. The van der Waals surface area contributed by atoms with Crippen LogP contribution in [0.2, 0.25) is 0 Å². The zero-order valence-corrected chi connectivity index (χ0v) is 14.8. The van der Waals surface area contributed by atoms with E-state index in [2.05, 4.69) is 9.98 Å². The summed E-state index contributed by atoms with van der Waals surface area (Å²) in [5.41, 5.74) is 12.0. The van der Waals surface area contributed by atoms with E-state index in [4.69, 9.17) is 16.2 Å². The molecule has 1 aromatic carbocycles. The molecule has 0 saturated heterocycles. The highest BCUT2D eigenvalue weighted by Crippen LogP contribution is 2.43. The van der Waals surface area contributed by atoms with Gasteiger partial charge in [0.2, 0.25) is 11.9 Å². The molecule has 3 rings (SSSR count). The lowest BCUT2D eigenvalue weighted by Crippen LogP contribution is -2.58. The molecule has 1 aliphatic heterocycles. The zero-order chi connectivity index (χ0) is 18.0. The Kier molecular flexibility index (Phi) is 4.83. The first-order valence-corrected chi connectivity index (χ1v) is 8.84. The van der Waals surface area contributed by atoms with E-state index < -0.39 is 11.5 Å². The number of ether oxygens (including phenoxy) is 1. The van der Waals surface area contributed by atoms with Crippen molar-refractivity contribution in [1.29, 1.82) is 0 Å². The van der Waals surface area contributed by atoms with Gasteiger partial charge in [-0.15, -0.1) is 0 Å². The number of benzene rings is 1. The van der Waals surface area contributed by atoms with Crippen LogP contribution < -0.4 is 21.1 Å². The van der Waals surface area contributed by atoms with Gasteiger partial charge in [0.15, 0.2) is 11.6 Å². The van der Waals surface area contributed by atoms with E-state index in [0.29, 0.717) is 12.3 Å². The van der Waals surface area contributed by atoms with Crippen LogP contribution in [-0.4, -0.2) is 24.2 Å². The Bertz CT molecular complexity index is 695. The number of nitrogens with two attached hydrogens (primary N) is 2. The molecule has 1 aliphatic carbocycles. The van der Waals surface area contributed by atoms with Crippen molar-refractivity contribution in [2.45, 2.75) is 51.6 Å². The molecule has 0 atom stereocenters. The van der Waals surface area contributed by atoms with Gasteiger partial charge in [-0.25, -0.2) is 9.38 Å². The molecule has 1 heterocycles. The molecule has 1 aromatic rings. The third-order valence-corrected chi connectivity index (χ3v) is 4.60. The van der Waals surface area contributed by atoms with E-state index in [1.165, 1.54) is 6.07 Å². The summed E-state index contributed by atoms with van der Waals surface area (Å²) in [6.07, 6.45) is 4.76. The maximum absolute atomic E-state index is 14.5. The van der Waals surface area contributed by atoms with Crippen LogP contribution in [0.15, 0.2) is 28.2 Å². The van der Waals surface area contributed by atoms with Gasteiger partial charge in [-0.05, 0) is 43.7 Å². The van der Waals surface area contributed by atoms with Gasteiger partial charge in [0.25, 0.3) is 0 Å². The minimum absolute atomic E-state index is 0.178. The lowest BCUT2D eigenvalue weighted by molar-refractivity contribution is 0.256. The average molecular weight is 347 g/mol. The van der Waals surface area contributed by atoms with Gasteiger partial charge < -0.3 is 16.2 Å². The first-order chi connectivity index (χ1) is 11.9. The second kappa shape index (κ2) is 6.90. The Morgan fingerprint density at radius 2 is 1.96 bits per heavy atom. The quantitative estimate of drug-likeness (QED) is 0.876. The van der Waals surface area contributed by atoms with Gasteiger partial charge in [-0.3, -0.25) is 4.90 Å². The van der Waals surface area contributed by atoms with Crippen LogP contribution in [0.4, 0.5) is 10.1 Å². The molecule has 4 N–H and O–H groups in total. The van der Waals surface area contributed by atoms with Gasteiger partial charge in [0.05, 0.1) is 12.3 Å². The molecule has 0 amide bonds. The second-order valence-electron chi connectivity index (χ2n) is 7.11. The minimum Gasteiger partial charge on any atom is -0.488 e. The Hall–Kier alpha value is -2.31. The van der Waals surface area contributed by atoms with Crippen molar-refractivity contribution in [3.8, 4) is 5.75 Å². The molecule has 136 valence electrons. The smallest absolute Gasteiger partial charge is 0.220 e. The monoisotopic (exact) mass is 347 g/mol. The van der Waals surface area contributed by atoms with E-state index in [0.717, 1.165) is 32.1 Å². The SMILES string of the molecule is CC(C)COc1c(F)cccc1N1C(N)=NC(N)=NC12CCCCC2. The van der Waals surface area contributed by atoms with Gasteiger partial charge in [-0.2, -0.15) is 4.99 Å². The van der Waals surface area contributed by atoms with Crippen LogP contribution in [0, 0.1) is 11.7 Å². The molecule has 25 heavy (non-hydrogen) atoms. The van der Waals surface area contributed by atoms with E-state index in [9.17, 15) is 4.39 Å². The summed E-state index contributed by atoms with van der Waals surface area (Å²) in [4.78, 5) is 10.6. The first-order valence-electron chi connectivity index (χ1n) is 8.84. The van der Waals surface area contributed by atoms with Crippen molar-refractivity contribution in [3.63, 3.8) is 0 Å². The first kappa shape index (κ1) is 17.5. The third-order valence-electron chi connectivity index (χ3n) is 4.60. The maximum Gasteiger partial charge on any atom is 0.220 e. The number of hydrogen-bond donors (Lipinski definition) is 2. The van der Waals surface area contributed by atoms with E-state index in [1.807, 2.05) is 13.8 Å². The number of anilines is 1. The highest BCUT2D eigenvalue weighted by atomic mass is 19.1. The fourth-order valence-electron chi connectivity index (χ4n) is 3.54. The molecule has 1 spiro atoms. The number of rotatable bonds is 4. The van der Waals surface area contributed by atoms with E-state index in [1.54, 1.807) is 17.0 Å². The van der Waals surface area contributed by atoms with Crippen molar-refractivity contribution >= 4 is 17.6 Å². The van der Waals surface area contributed by atoms with Crippen molar-refractivity contribution in [1.82, 2.24) is 0 Å². The average Bonchev–Trinajstić information content (AvgIpc) is 2.54. The highest BCUT2D eigenvalue weighted by Gasteiger charge is 2.43. The Morgan fingerprint density at radius 1 is 1.24 bits per heavy atom. The molecule has 1 fully saturated rings. The van der Waals surface area contributed by atoms with Crippen molar-refractivity contribution < 1.29 is 9.13 Å². The molecule has 2 aliphatic rings. The number of halogens is 1. The highest BCUT2D eigenvalue weighted by molar-refractivity contribution is 6.06. The van der Waals surface area contributed by atoms with Crippen LogP contribution in [0.5, 0.6) is 5.75 Å². The fraction of sp³-hybridized carbons (Fsp3) is 0.556. The van der Waals surface area contributed by atoms with E-state index in [-0.39, 0.29) is 23.6 Å². The van der Waals surface area contributed by atoms with Gasteiger partial charge >= 0.3 is 0 Å². The van der Waals surface area contributed by atoms with Crippen LogP contribution >= 0.6 is 0 Å². The molecule has 0 radical (unpaired) electrons. The summed E-state index contributed by atoms with van der Waals surface area (Å²) in [6.45, 7) is 4.45. The molecule has 1 saturated carbocycles. The van der Waals surface area contributed by atoms with Gasteiger partial charge in [0.1, 0.15) is 5.66 Å². The fourth-order valence-corrected chi connectivity index (χ4v) is 3.54. The predicted octanol–water partition coefficient (Wildman–Crippen LogP) is 2.97. The summed E-state index contributed by atoms with van der Waals surface area (Å²) in [5, 5.41) is 0. The second-order valence-corrected chi connectivity index (χ2v) is 7.11. The number of nitrogens with zero attached hydrogens (tertiary/aromatic N) is 3. The molecule has 6 nitrogen and oxygen atoms in total. The molecule has 7 heteroatoms. The number of hydrogen-bond acceptors (Lipinski definition) is 6. The summed E-state index contributed by atoms with van der Waals surface area (Å²) in [5.74, 6) is 0.456. The summed E-state index contributed by atoms with van der Waals surface area (Å²) >= 11 is 0. The maximum atomic E-state index is 14.5. The number of guanidine groups is 2. The van der Waals surface area contributed by atoms with Crippen LogP contribution in [0.25, 0.3) is 0 Å². The Labute approximate surface area is 147 Å². The van der Waals surface area contributed by atoms with Gasteiger partial charge in [-0.1, -0.05) is 26.3 Å². The molecule has 0 unspecified atom stereocenters. The zero-order valence-electron chi connectivity index (χ0n) is 14.8. The molecular formula is C18H26FN5O. The van der Waals surface area contributed by atoms with Gasteiger partial charge in [0, 0.05) is 0 Å². The molecule has 0 bridgehead atoms. The number of aliphatic imine (C=N–C) groups is 2. The topological polar surface area (TPSA) is 89.2 Å². The third kappa shape index (κ3) is 3.41. The standard InChI is InChI=1S/C18H26FN5O/c1-12(2)11-25-15-13(19)7-6-8-14(15)24-17(21)22-16(20)23-18(24)9-4-3-5-10-18/h6-8,12H,3-5,9-11H2,1-2H3,(H4,20,21,22,23). The van der Waals surface area contributed by atoms with Crippen LogP contribution in [0.3, 0.4) is 0 Å². The van der Waals surface area contributed by atoms with Crippen LogP contribution in [-0.2, 0) is 0 Å². The largest absolute Gasteiger partial charge is 0.488 e. The van der Waals surface area contributed by atoms with Crippen LogP contribution in [0.1, 0.15) is 46.0 Å². The normalized spacial score (nSPS) is 19.8. The number of para-hydroxylation sites is 1. The van der Waals surface area contributed by atoms with Crippen molar-refractivity contribution in [2.24, 2.45) is 27.4 Å². The minimum atomic E-state index is -0.613. The molecular weight excluding hydrogens is 321 g/mol. The van der Waals surface area contributed by atoms with Crippen molar-refractivity contribution in [2.75, 3.05) is 11.5 Å². The summed E-state index contributed by atoms with van der Waals surface area (Å²) in [6, 6.07) is 4.84. The molecule has 0 aromatic heterocycles. The summed E-state index contributed by atoms with van der Waals surface area (Å²) in [7, 11) is 0. The predicted molar refractivity (Wildman–Crippen MR) is 98.3 cm³/mol. The Morgan fingerprint density at radius 3 is 2.64 bits per heavy atom. The van der Waals surface area contributed by atoms with E-state index >= 15 is 0 Å². The van der Waals surface area contributed by atoms with Crippen molar-refractivity contribution in [3.05, 3.63) is 24.0 Å². The Balaban J connectivity index is 2.07. The lowest BCUT2D eigenvalue weighted by Gasteiger charge is -2.45.